The molecule has 0 saturated heterocycles. The Bertz CT molecular complexity index is 1280. The highest BCUT2D eigenvalue weighted by Gasteiger charge is 2.33. The van der Waals surface area contributed by atoms with E-state index in [1.165, 1.54) is 11.3 Å². The summed E-state index contributed by atoms with van der Waals surface area (Å²) in [4.78, 5) is 32.5. The average molecular weight is 457 g/mol. The van der Waals surface area contributed by atoms with Crippen LogP contribution in [0, 0.1) is 0 Å². The summed E-state index contributed by atoms with van der Waals surface area (Å²) in [5.74, 6) is -0.440. The average Bonchev–Trinajstić information content (AvgIpc) is 3.36. The standard InChI is InChI=1S/C22H20N2O3S3/c1-4-27-21(26)18-13(2)23-22-24(19(18)15-5-7-16(28-3)8-6-15)20(25)17(30-22)11-14-9-10-29-12-14/h5-12,19H,4H2,1-3H3. The number of carbonyl (C=O) groups excluding carboxylic acids is 1. The fourth-order valence-corrected chi connectivity index (χ4v) is 5.47. The largest absolute Gasteiger partial charge is 0.463 e. The Morgan fingerprint density at radius 2 is 2.07 bits per heavy atom. The zero-order valence-electron chi connectivity index (χ0n) is 16.7. The van der Waals surface area contributed by atoms with E-state index in [0.717, 1.165) is 16.0 Å². The van der Waals surface area contributed by atoms with E-state index in [-0.39, 0.29) is 12.2 Å². The summed E-state index contributed by atoms with van der Waals surface area (Å²) in [6.07, 6.45) is 3.88. The lowest BCUT2D eigenvalue weighted by molar-refractivity contribution is -0.139. The minimum atomic E-state index is -0.569. The third-order valence-electron chi connectivity index (χ3n) is 4.79. The summed E-state index contributed by atoms with van der Waals surface area (Å²) < 4.78 is 7.53. The van der Waals surface area contributed by atoms with Gasteiger partial charge in [-0.15, -0.1) is 11.8 Å². The van der Waals surface area contributed by atoms with E-state index in [2.05, 4.69) is 4.99 Å². The molecule has 8 heteroatoms. The lowest BCUT2D eigenvalue weighted by Gasteiger charge is -2.24. The molecule has 0 saturated carbocycles. The van der Waals surface area contributed by atoms with E-state index in [1.54, 1.807) is 41.5 Å². The number of hydrogen-bond acceptors (Lipinski definition) is 7. The Hall–Kier alpha value is -2.42. The van der Waals surface area contributed by atoms with Crippen molar-refractivity contribution in [1.82, 2.24) is 4.57 Å². The van der Waals surface area contributed by atoms with Crippen LogP contribution in [0.25, 0.3) is 6.08 Å². The van der Waals surface area contributed by atoms with Gasteiger partial charge >= 0.3 is 5.97 Å². The Balaban J connectivity index is 1.95. The number of allylic oxidation sites excluding steroid dienone is 1. The fraction of sp³-hybridized carbons (Fsp3) is 0.227. The second kappa shape index (κ2) is 8.75. The predicted molar refractivity (Wildman–Crippen MR) is 123 cm³/mol. The van der Waals surface area contributed by atoms with Crippen LogP contribution < -0.4 is 14.9 Å². The molecule has 1 aromatic carbocycles. The van der Waals surface area contributed by atoms with Gasteiger partial charge in [-0.3, -0.25) is 9.36 Å². The number of rotatable bonds is 5. The van der Waals surface area contributed by atoms with Gasteiger partial charge in [-0.1, -0.05) is 23.5 Å². The van der Waals surface area contributed by atoms with Crippen molar-refractivity contribution in [1.29, 1.82) is 0 Å². The molecule has 154 valence electrons. The molecular formula is C22H20N2O3S3. The van der Waals surface area contributed by atoms with Crippen LogP contribution in [0.1, 0.15) is 31.0 Å². The Kier molecular flexibility index (Phi) is 6.08. The highest BCUT2D eigenvalue weighted by atomic mass is 32.2. The van der Waals surface area contributed by atoms with E-state index < -0.39 is 12.0 Å². The number of ether oxygens (including phenoxy) is 1. The molecule has 0 amide bonds. The topological polar surface area (TPSA) is 60.7 Å². The van der Waals surface area contributed by atoms with Gasteiger partial charge < -0.3 is 4.74 Å². The van der Waals surface area contributed by atoms with Crippen LogP contribution in [-0.2, 0) is 9.53 Å². The molecule has 1 aliphatic rings. The first-order valence-electron chi connectivity index (χ1n) is 9.39. The van der Waals surface area contributed by atoms with E-state index in [0.29, 0.717) is 20.6 Å². The first kappa shape index (κ1) is 20.8. The van der Waals surface area contributed by atoms with Gasteiger partial charge in [0.2, 0.25) is 0 Å². The van der Waals surface area contributed by atoms with Crippen molar-refractivity contribution in [3.63, 3.8) is 0 Å². The third-order valence-corrected chi connectivity index (χ3v) is 7.22. The van der Waals surface area contributed by atoms with Crippen LogP contribution in [0.5, 0.6) is 0 Å². The zero-order chi connectivity index (χ0) is 21.3. The number of thiophene rings is 1. The minimum absolute atomic E-state index is 0.154. The maximum absolute atomic E-state index is 13.4. The van der Waals surface area contributed by atoms with E-state index in [9.17, 15) is 9.59 Å². The number of benzene rings is 1. The summed E-state index contributed by atoms with van der Waals surface area (Å²) in [7, 11) is 0. The molecule has 3 heterocycles. The lowest BCUT2D eigenvalue weighted by atomic mass is 9.96. The molecular weight excluding hydrogens is 436 g/mol. The van der Waals surface area contributed by atoms with Gasteiger partial charge in [-0.2, -0.15) is 11.3 Å². The number of carbonyl (C=O) groups is 1. The number of esters is 1. The van der Waals surface area contributed by atoms with E-state index in [4.69, 9.17) is 4.74 Å². The van der Waals surface area contributed by atoms with Gasteiger partial charge in [0.25, 0.3) is 5.56 Å². The van der Waals surface area contributed by atoms with Crippen LogP contribution in [0.15, 0.2) is 67.0 Å². The number of thioether (sulfide) groups is 1. The van der Waals surface area contributed by atoms with Crippen LogP contribution >= 0.6 is 34.4 Å². The van der Waals surface area contributed by atoms with Crippen LogP contribution in [0.2, 0.25) is 0 Å². The van der Waals surface area contributed by atoms with Crippen molar-refractivity contribution in [3.8, 4) is 0 Å². The van der Waals surface area contributed by atoms with E-state index in [1.807, 2.05) is 53.4 Å². The minimum Gasteiger partial charge on any atom is -0.463 e. The van der Waals surface area contributed by atoms with Crippen molar-refractivity contribution in [3.05, 3.63) is 83.2 Å². The number of nitrogens with zero attached hydrogens (tertiary/aromatic N) is 2. The molecule has 1 atom stereocenters. The summed E-state index contributed by atoms with van der Waals surface area (Å²) in [6, 6.07) is 9.32. The molecule has 5 nitrogen and oxygen atoms in total. The van der Waals surface area contributed by atoms with Gasteiger partial charge in [-0.25, -0.2) is 9.79 Å². The Morgan fingerprint density at radius 1 is 1.30 bits per heavy atom. The molecule has 0 aliphatic carbocycles. The zero-order valence-corrected chi connectivity index (χ0v) is 19.2. The fourth-order valence-electron chi connectivity index (χ4n) is 3.40. The summed E-state index contributed by atoms with van der Waals surface area (Å²) in [5.41, 5.74) is 2.66. The normalized spacial score (nSPS) is 16.4. The molecule has 0 spiro atoms. The molecule has 1 aliphatic heterocycles. The molecule has 1 unspecified atom stereocenters. The third kappa shape index (κ3) is 3.82. The van der Waals surface area contributed by atoms with Gasteiger partial charge in [0.1, 0.15) is 0 Å². The smallest absolute Gasteiger partial charge is 0.338 e. The SMILES string of the molecule is CCOC(=O)C1=C(C)N=c2sc(=Cc3ccsc3)c(=O)n2C1c1ccc(SC)cc1. The molecule has 2 aromatic heterocycles. The monoisotopic (exact) mass is 456 g/mol. The quantitative estimate of drug-likeness (QED) is 0.435. The number of aromatic nitrogens is 1. The first-order valence-corrected chi connectivity index (χ1v) is 12.4. The molecule has 30 heavy (non-hydrogen) atoms. The van der Waals surface area contributed by atoms with Gasteiger partial charge in [-0.05, 0) is 66.3 Å². The van der Waals surface area contributed by atoms with Crippen molar-refractivity contribution >= 4 is 46.5 Å². The van der Waals surface area contributed by atoms with Crippen molar-refractivity contribution in [2.45, 2.75) is 24.8 Å². The number of thiazole rings is 1. The predicted octanol–water partition coefficient (Wildman–Crippen LogP) is 3.58. The second-order valence-corrected chi connectivity index (χ2v) is 9.30. The van der Waals surface area contributed by atoms with Crippen LogP contribution in [0.4, 0.5) is 0 Å². The van der Waals surface area contributed by atoms with Gasteiger partial charge in [0.15, 0.2) is 4.80 Å². The molecule has 0 radical (unpaired) electrons. The van der Waals surface area contributed by atoms with Crippen molar-refractivity contribution < 1.29 is 9.53 Å². The van der Waals surface area contributed by atoms with Gasteiger partial charge in [0.05, 0.1) is 28.5 Å². The molecule has 3 aromatic rings. The number of fused-ring (bicyclic) bond motifs is 1. The van der Waals surface area contributed by atoms with E-state index >= 15 is 0 Å². The summed E-state index contributed by atoms with van der Waals surface area (Å²) >= 11 is 4.56. The summed E-state index contributed by atoms with van der Waals surface area (Å²) in [6.45, 7) is 3.83. The van der Waals surface area contributed by atoms with Crippen molar-refractivity contribution in [2.75, 3.05) is 12.9 Å². The van der Waals surface area contributed by atoms with Crippen LogP contribution in [0.3, 0.4) is 0 Å². The molecule has 0 N–H and O–H groups in total. The molecule has 0 bridgehead atoms. The van der Waals surface area contributed by atoms with Crippen LogP contribution in [-0.4, -0.2) is 23.4 Å². The second-order valence-electron chi connectivity index (χ2n) is 6.63. The highest BCUT2D eigenvalue weighted by Crippen LogP contribution is 2.31. The summed E-state index contributed by atoms with van der Waals surface area (Å²) in [5, 5.41) is 3.97. The first-order chi connectivity index (χ1) is 14.5. The Morgan fingerprint density at radius 3 is 2.70 bits per heavy atom. The Labute approximate surface area is 186 Å². The maximum Gasteiger partial charge on any atom is 0.338 e. The van der Waals surface area contributed by atoms with Gasteiger partial charge in [0, 0.05) is 4.90 Å². The molecule has 4 rings (SSSR count). The lowest BCUT2D eigenvalue weighted by Crippen LogP contribution is -2.39. The molecule has 0 fully saturated rings. The number of hydrogen-bond donors (Lipinski definition) is 0. The van der Waals surface area contributed by atoms with Crippen molar-refractivity contribution in [2.24, 2.45) is 4.99 Å². The highest BCUT2D eigenvalue weighted by molar-refractivity contribution is 7.98. The maximum atomic E-state index is 13.4.